The second-order valence-electron chi connectivity index (χ2n) is 10.5. The summed E-state index contributed by atoms with van der Waals surface area (Å²) in [5.74, 6) is 0.989. The van der Waals surface area contributed by atoms with E-state index in [0.717, 1.165) is 47.6 Å². The number of aryl methyl sites for hydroxylation is 1. The molecular formula is C35H52OS. The third-order valence-electron chi connectivity index (χ3n) is 7.09. The minimum Gasteiger partial charge on any atom is -0.493 e. The summed E-state index contributed by atoms with van der Waals surface area (Å²) in [6, 6.07) is 16.8. The van der Waals surface area contributed by atoms with Crippen LogP contribution >= 0.6 is 12.2 Å². The van der Waals surface area contributed by atoms with Crippen molar-refractivity contribution in [3.8, 4) is 5.75 Å². The summed E-state index contributed by atoms with van der Waals surface area (Å²) in [7, 11) is 0. The van der Waals surface area contributed by atoms with Crippen molar-refractivity contribution in [2.45, 2.75) is 123 Å². The van der Waals surface area contributed by atoms with Crippen LogP contribution in [-0.4, -0.2) is 11.5 Å². The Kier molecular flexibility index (Phi) is 17.8. The summed E-state index contributed by atoms with van der Waals surface area (Å²) in [6.45, 7) is 5.31. The molecule has 0 saturated carbocycles. The molecular weight excluding hydrogens is 468 g/mol. The molecule has 1 nitrogen and oxygen atoms in total. The van der Waals surface area contributed by atoms with Gasteiger partial charge in [0.1, 0.15) is 5.75 Å². The van der Waals surface area contributed by atoms with Gasteiger partial charge in [-0.25, -0.2) is 0 Å². The zero-order valence-electron chi connectivity index (χ0n) is 23.8. The first-order valence-corrected chi connectivity index (χ1v) is 15.7. The number of hydrogen-bond donors (Lipinski definition) is 0. The second kappa shape index (κ2) is 21.1. The second-order valence-corrected chi connectivity index (χ2v) is 10.9. The highest BCUT2D eigenvalue weighted by Gasteiger charge is 2.05. The van der Waals surface area contributed by atoms with Gasteiger partial charge in [-0.2, -0.15) is 0 Å². The molecule has 2 aromatic rings. The largest absolute Gasteiger partial charge is 0.493 e. The number of unbranched alkanes of at least 4 members (excludes halogenated alkanes) is 14. The molecule has 204 valence electrons. The molecule has 2 aromatic carbocycles. The zero-order valence-corrected chi connectivity index (χ0v) is 24.6. The first-order chi connectivity index (χ1) is 18.2. The molecule has 2 heteroatoms. The van der Waals surface area contributed by atoms with E-state index in [1.54, 1.807) is 0 Å². The monoisotopic (exact) mass is 520 g/mol. The Balaban J connectivity index is 1.62. The third kappa shape index (κ3) is 14.6. The van der Waals surface area contributed by atoms with Crippen molar-refractivity contribution < 1.29 is 4.74 Å². The van der Waals surface area contributed by atoms with Gasteiger partial charge in [0.15, 0.2) is 0 Å². The van der Waals surface area contributed by atoms with Crippen LogP contribution in [0.3, 0.4) is 0 Å². The normalized spacial score (nSPS) is 11.3. The molecule has 0 aliphatic rings. The lowest BCUT2D eigenvalue weighted by molar-refractivity contribution is 0.303. The van der Waals surface area contributed by atoms with Crippen molar-refractivity contribution in [3.05, 3.63) is 71.3 Å². The number of hydrogen-bond acceptors (Lipinski definition) is 2. The van der Waals surface area contributed by atoms with Crippen LogP contribution in [0.4, 0.5) is 0 Å². The maximum Gasteiger partial charge on any atom is 0.126 e. The van der Waals surface area contributed by atoms with Gasteiger partial charge < -0.3 is 4.74 Å². The first kappa shape index (κ1) is 31.3. The molecule has 0 amide bonds. The maximum absolute atomic E-state index is 6.28. The van der Waals surface area contributed by atoms with Crippen LogP contribution in [0.15, 0.2) is 54.6 Å². The van der Waals surface area contributed by atoms with E-state index in [1.165, 1.54) is 95.5 Å². The van der Waals surface area contributed by atoms with E-state index < -0.39 is 0 Å². The Bertz CT molecular complexity index is 870. The molecule has 0 bridgehead atoms. The molecule has 2 rings (SSSR count). The third-order valence-corrected chi connectivity index (χ3v) is 7.47. The van der Waals surface area contributed by atoms with Gasteiger partial charge in [0.2, 0.25) is 0 Å². The minimum atomic E-state index is 0.789. The van der Waals surface area contributed by atoms with Crippen molar-refractivity contribution in [2.75, 3.05) is 6.61 Å². The van der Waals surface area contributed by atoms with Gasteiger partial charge in [0.05, 0.1) is 6.61 Å². The average molecular weight is 521 g/mol. The number of ether oxygens (including phenoxy) is 1. The molecule has 0 aliphatic carbocycles. The fourth-order valence-electron chi connectivity index (χ4n) is 4.81. The molecule has 0 atom stereocenters. The Hall–Kier alpha value is -1.93. The van der Waals surface area contributed by atoms with Crippen molar-refractivity contribution >= 4 is 23.2 Å². The van der Waals surface area contributed by atoms with Crippen LogP contribution < -0.4 is 4.74 Å². The van der Waals surface area contributed by atoms with Crippen molar-refractivity contribution in [1.82, 2.24) is 0 Å². The van der Waals surface area contributed by atoms with Crippen molar-refractivity contribution in [3.63, 3.8) is 0 Å². The summed E-state index contributed by atoms with van der Waals surface area (Å²) in [4.78, 5) is 0.853. The van der Waals surface area contributed by atoms with Gasteiger partial charge in [0, 0.05) is 10.4 Å². The van der Waals surface area contributed by atoms with Crippen LogP contribution in [0.25, 0.3) is 6.08 Å². The van der Waals surface area contributed by atoms with E-state index in [9.17, 15) is 0 Å². The van der Waals surface area contributed by atoms with Gasteiger partial charge >= 0.3 is 0 Å². The van der Waals surface area contributed by atoms with E-state index in [0.29, 0.717) is 0 Å². The van der Waals surface area contributed by atoms with Gasteiger partial charge in [0.25, 0.3) is 0 Å². The highest BCUT2D eigenvalue weighted by Crippen LogP contribution is 2.24. The van der Waals surface area contributed by atoms with Crippen LogP contribution in [0, 0.1) is 0 Å². The number of allylic oxidation sites excluding steroid dienone is 1. The van der Waals surface area contributed by atoms with Gasteiger partial charge in [-0.1, -0.05) is 165 Å². The number of rotatable bonds is 22. The molecule has 0 unspecified atom stereocenters. The van der Waals surface area contributed by atoms with Crippen molar-refractivity contribution in [2.24, 2.45) is 0 Å². The van der Waals surface area contributed by atoms with Gasteiger partial charge in [-0.3, -0.25) is 0 Å². The summed E-state index contributed by atoms with van der Waals surface area (Å²) >= 11 is 5.61. The Morgan fingerprint density at radius 3 is 1.81 bits per heavy atom. The minimum absolute atomic E-state index is 0.789. The summed E-state index contributed by atoms with van der Waals surface area (Å²) in [6.07, 6.45) is 27.1. The summed E-state index contributed by atoms with van der Waals surface area (Å²) < 4.78 is 6.28. The molecule has 0 aliphatic heterocycles. The van der Waals surface area contributed by atoms with Gasteiger partial charge in [-0.15, -0.1) is 0 Å². The van der Waals surface area contributed by atoms with Gasteiger partial charge in [-0.05, 0) is 42.2 Å². The van der Waals surface area contributed by atoms with E-state index in [4.69, 9.17) is 17.0 Å². The van der Waals surface area contributed by atoms with E-state index in [2.05, 4.69) is 50.3 Å². The summed E-state index contributed by atoms with van der Waals surface area (Å²) in [5.41, 5.74) is 3.53. The van der Waals surface area contributed by atoms with Crippen LogP contribution in [0.1, 0.15) is 133 Å². The smallest absolute Gasteiger partial charge is 0.126 e. The lowest BCUT2D eigenvalue weighted by atomic mass is 10.0. The van der Waals surface area contributed by atoms with Crippen molar-refractivity contribution in [1.29, 1.82) is 0 Å². The fourth-order valence-corrected chi connectivity index (χ4v) is 5.01. The maximum atomic E-state index is 6.28. The first-order valence-electron chi connectivity index (χ1n) is 15.3. The molecule has 0 aromatic heterocycles. The highest BCUT2D eigenvalue weighted by molar-refractivity contribution is 7.81. The molecule has 0 heterocycles. The fraction of sp³-hybridized carbons (Fsp3) is 0.571. The van der Waals surface area contributed by atoms with E-state index >= 15 is 0 Å². The average Bonchev–Trinajstić information content (AvgIpc) is 2.92. The standard InChI is InChI=1S/C35H52OS/c1-3-5-6-7-8-9-10-11-12-13-14-15-16-17-21-29-36-34-30-31(22-4-2)25-26-32(34)27-28-35(37)33-23-19-18-20-24-33/h18-20,23-28,30H,3-17,21-22,29H2,1-2H3. The Morgan fingerprint density at radius 2 is 1.24 bits per heavy atom. The molecule has 0 radical (unpaired) electrons. The van der Waals surface area contributed by atoms with E-state index in [-0.39, 0.29) is 0 Å². The lowest BCUT2D eigenvalue weighted by Crippen LogP contribution is -2.00. The Morgan fingerprint density at radius 1 is 0.676 bits per heavy atom. The molecule has 0 fully saturated rings. The van der Waals surface area contributed by atoms with Crippen LogP contribution in [0.5, 0.6) is 5.75 Å². The molecule has 0 saturated heterocycles. The predicted molar refractivity (Wildman–Crippen MR) is 168 cm³/mol. The lowest BCUT2D eigenvalue weighted by Gasteiger charge is -2.12. The SMILES string of the molecule is CCCCCCCCCCCCCCCCCOc1cc(CCC)ccc1C=CC(=S)c1ccccc1. The number of benzene rings is 2. The van der Waals surface area contributed by atoms with E-state index in [1.807, 2.05) is 24.3 Å². The Labute approximate surface area is 234 Å². The summed E-state index contributed by atoms with van der Waals surface area (Å²) in [5, 5.41) is 0. The van der Waals surface area contributed by atoms with Crippen LogP contribution in [0.2, 0.25) is 0 Å². The number of thiocarbonyl (C=S) groups is 1. The quantitative estimate of drug-likeness (QED) is 0.0660. The predicted octanol–water partition coefficient (Wildman–Crippen LogP) is 11.3. The zero-order chi connectivity index (χ0) is 26.4. The molecule has 0 spiro atoms. The van der Waals surface area contributed by atoms with Crippen LogP contribution in [-0.2, 0) is 6.42 Å². The molecule has 37 heavy (non-hydrogen) atoms. The molecule has 0 N–H and O–H groups in total. The highest BCUT2D eigenvalue weighted by atomic mass is 32.1. The topological polar surface area (TPSA) is 9.23 Å².